The van der Waals surface area contributed by atoms with Crippen LogP contribution in [0.1, 0.15) is 131 Å². The lowest BCUT2D eigenvalue weighted by Gasteiger charge is -2.27. The Morgan fingerprint density at radius 3 is 1.29 bits per heavy atom. The van der Waals surface area contributed by atoms with E-state index in [1.165, 1.54) is 91.9 Å². The predicted molar refractivity (Wildman–Crippen MR) is 309 cm³/mol. The SMILES string of the molecule is C.C.C.CC(C)N.CCc1ccc(F)cc1CCn1c(=O)n(C(C)(C)C(=O)CC(C)C)c(=O)c2c(C)c(-n3nccn3)sc21.CCc1ccc(F)cc1CCn1c(=O)n(C(C)(C)C(=O)O)c(=O)c2c(C)c(-n3nccn3)sc21. The summed E-state index contributed by atoms with van der Waals surface area (Å²) < 4.78 is 32.8. The van der Waals surface area contributed by atoms with Gasteiger partial charge in [0.05, 0.1) is 35.6 Å². The molecule has 78 heavy (non-hydrogen) atoms. The molecule has 0 fully saturated rings. The fraction of sp³-hybridized carbons (Fsp3) is 0.464. The Labute approximate surface area is 461 Å². The number of hydrogen-bond acceptors (Lipinski definition) is 13. The lowest BCUT2D eigenvalue weighted by molar-refractivity contribution is -0.146. The molecule has 6 heterocycles. The minimum atomic E-state index is -1.78. The number of fused-ring (bicyclic) bond motifs is 2. The van der Waals surface area contributed by atoms with Crippen molar-refractivity contribution in [1.29, 1.82) is 0 Å². The van der Waals surface area contributed by atoms with E-state index < -0.39 is 39.5 Å². The monoisotopic (exact) mass is 1120 g/mol. The van der Waals surface area contributed by atoms with Crippen LogP contribution in [-0.4, -0.2) is 71.2 Å². The molecule has 3 N–H and O–H groups in total. The van der Waals surface area contributed by atoms with Gasteiger partial charge in [0.1, 0.15) is 42.4 Å². The van der Waals surface area contributed by atoms with Crippen LogP contribution in [0.4, 0.5) is 8.78 Å². The van der Waals surface area contributed by atoms with Gasteiger partial charge in [0.15, 0.2) is 5.78 Å². The number of carboxylic acid groups (broad SMARTS) is 1. The van der Waals surface area contributed by atoms with Gasteiger partial charge in [-0.2, -0.15) is 20.4 Å². The van der Waals surface area contributed by atoms with E-state index in [4.69, 9.17) is 5.73 Å². The fourth-order valence-electron chi connectivity index (χ4n) is 8.72. The number of aliphatic carboxylic acids is 1. The first-order valence-corrected chi connectivity index (χ1v) is 26.3. The van der Waals surface area contributed by atoms with Gasteiger partial charge in [0.2, 0.25) is 0 Å². The maximum absolute atomic E-state index is 14.1. The summed E-state index contributed by atoms with van der Waals surface area (Å²) >= 11 is 2.43. The second-order valence-electron chi connectivity index (χ2n) is 19.9. The molecular formula is C56H77F2N11O7S2. The quantitative estimate of drug-likeness (QED) is 0.0922. The summed E-state index contributed by atoms with van der Waals surface area (Å²) in [6, 6.07) is 9.57. The summed E-state index contributed by atoms with van der Waals surface area (Å²) in [6.07, 6.45) is 8.46. The number of rotatable bonds is 16. The zero-order valence-electron chi connectivity index (χ0n) is 44.4. The van der Waals surface area contributed by atoms with E-state index in [2.05, 4.69) is 20.4 Å². The smallest absolute Gasteiger partial charge is 0.333 e. The first kappa shape index (κ1) is 65.2. The molecule has 424 valence electrons. The Hall–Kier alpha value is -7.04. The number of aryl methyl sites for hydroxylation is 8. The van der Waals surface area contributed by atoms with E-state index in [1.807, 2.05) is 41.5 Å². The van der Waals surface area contributed by atoms with E-state index in [-0.39, 0.29) is 70.5 Å². The Bertz CT molecular complexity index is 3620. The number of thiophene rings is 2. The minimum absolute atomic E-state index is 0. The molecule has 0 spiro atoms. The van der Waals surface area contributed by atoms with E-state index >= 15 is 0 Å². The van der Waals surface area contributed by atoms with Crippen molar-refractivity contribution in [2.75, 3.05) is 0 Å². The molecule has 2 aromatic carbocycles. The summed E-state index contributed by atoms with van der Waals surface area (Å²) in [5, 5.41) is 28.2. The molecule has 0 aliphatic rings. The maximum atomic E-state index is 14.1. The van der Waals surface area contributed by atoms with Crippen molar-refractivity contribution in [2.24, 2.45) is 11.7 Å². The Morgan fingerprint density at radius 1 is 0.628 bits per heavy atom. The van der Waals surface area contributed by atoms with Crippen molar-refractivity contribution in [1.82, 2.24) is 48.3 Å². The number of carboxylic acids is 1. The standard InChI is InChI=1S/C27H32FN5O3S.C23H24FN5O4S.C3H9N.3CH4/c1-7-18-8-9-20(28)15-19(18)10-13-31-25-22(17(4)24(37-25)33-29-11-12-30-33)23(35)32(26(31)36)27(5,6)21(34)14-16(2)3;1-5-14-6-7-16(24)12-15(14)8-11-27-20-17(13(2)19(34-20)29-25-9-10-26-29)18(30)28(22(27)33)23(3,4)21(31)32;1-3(2)4;;;/h8-9,11-12,15-16H,7,10,13-14H2,1-6H3;6-7,9-10,12H,5,8,11H2,1-4H3,(H,31,32);3H,4H2,1-2H3;3*1H4. The molecule has 0 aliphatic carbocycles. The summed E-state index contributed by atoms with van der Waals surface area (Å²) in [4.78, 5) is 83.7. The molecule has 6 aromatic heterocycles. The summed E-state index contributed by atoms with van der Waals surface area (Å²) in [5.74, 6) is -2.13. The molecule has 18 nitrogen and oxygen atoms in total. The zero-order valence-corrected chi connectivity index (χ0v) is 46.0. The average Bonchev–Trinajstić information content (AvgIpc) is 4.17. The van der Waals surface area contributed by atoms with Crippen LogP contribution in [0.2, 0.25) is 0 Å². The van der Waals surface area contributed by atoms with Gasteiger partial charge in [0, 0.05) is 30.6 Å². The molecular weight excluding hydrogens is 1040 g/mol. The van der Waals surface area contributed by atoms with Crippen molar-refractivity contribution < 1.29 is 23.5 Å². The molecule has 0 saturated carbocycles. The van der Waals surface area contributed by atoms with E-state index in [1.54, 1.807) is 52.2 Å². The molecule has 8 rings (SSSR count). The third kappa shape index (κ3) is 13.3. The lowest BCUT2D eigenvalue weighted by Crippen LogP contribution is -2.52. The highest BCUT2D eigenvalue weighted by Gasteiger charge is 2.37. The van der Waals surface area contributed by atoms with Crippen molar-refractivity contribution in [2.45, 2.75) is 168 Å². The number of Topliss-reactive ketones (excluding diaryl/α,β-unsaturated/α-hetero) is 1. The number of halogens is 2. The van der Waals surface area contributed by atoms with E-state index in [9.17, 15) is 42.7 Å². The average molecular weight is 1120 g/mol. The highest BCUT2D eigenvalue weighted by molar-refractivity contribution is 7.21. The second-order valence-corrected chi connectivity index (χ2v) is 21.9. The molecule has 0 aliphatic heterocycles. The Morgan fingerprint density at radius 2 is 0.974 bits per heavy atom. The molecule has 0 saturated heterocycles. The lowest BCUT2D eigenvalue weighted by atomic mass is 9.91. The molecule has 8 aromatic rings. The number of carbonyl (C=O) groups excluding carboxylic acids is 1. The number of hydrogen-bond donors (Lipinski definition) is 2. The van der Waals surface area contributed by atoms with Crippen LogP contribution >= 0.6 is 22.7 Å². The first-order chi connectivity index (χ1) is 35.3. The van der Waals surface area contributed by atoms with Gasteiger partial charge < -0.3 is 10.8 Å². The van der Waals surface area contributed by atoms with Gasteiger partial charge >= 0.3 is 17.3 Å². The minimum Gasteiger partial charge on any atom is -0.480 e. The van der Waals surface area contributed by atoms with Gasteiger partial charge in [-0.25, -0.2) is 32.3 Å². The highest BCUT2D eigenvalue weighted by Crippen LogP contribution is 2.33. The number of nitrogens with two attached hydrogens (primary N) is 1. The summed E-state index contributed by atoms with van der Waals surface area (Å²) in [5.41, 5.74) is 4.18. The molecule has 22 heteroatoms. The molecule has 0 atom stereocenters. The van der Waals surface area contributed by atoms with Crippen LogP contribution in [0.3, 0.4) is 0 Å². The van der Waals surface area contributed by atoms with Gasteiger partial charge in [-0.1, -0.05) is 98.6 Å². The van der Waals surface area contributed by atoms with Gasteiger partial charge in [0.25, 0.3) is 11.1 Å². The van der Waals surface area contributed by atoms with Crippen LogP contribution in [0.5, 0.6) is 0 Å². The zero-order chi connectivity index (χ0) is 55.4. The number of aromatic nitrogens is 10. The van der Waals surface area contributed by atoms with Crippen LogP contribution in [0.15, 0.2) is 80.4 Å². The normalized spacial score (nSPS) is 11.4. The summed E-state index contributed by atoms with van der Waals surface area (Å²) in [7, 11) is 0. The second kappa shape index (κ2) is 26.5. The van der Waals surface area contributed by atoms with E-state index in [0.29, 0.717) is 61.5 Å². The Balaban J connectivity index is 0.000000371. The van der Waals surface area contributed by atoms with E-state index in [0.717, 1.165) is 37.8 Å². The number of ketones is 1. The molecule has 0 radical (unpaired) electrons. The van der Waals surface area contributed by atoms with Crippen LogP contribution in [0, 0.1) is 31.4 Å². The van der Waals surface area contributed by atoms with Crippen molar-refractivity contribution in [3.05, 3.63) is 148 Å². The number of benzene rings is 2. The summed E-state index contributed by atoms with van der Waals surface area (Å²) in [6.45, 7) is 21.4. The Kier molecular flexibility index (Phi) is 22.2. The van der Waals surface area contributed by atoms with Crippen molar-refractivity contribution in [3.8, 4) is 10.0 Å². The van der Waals surface area contributed by atoms with Crippen LogP contribution in [0.25, 0.3) is 30.4 Å². The van der Waals surface area contributed by atoms with Crippen molar-refractivity contribution in [3.63, 3.8) is 0 Å². The van der Waals surface area contributed by atoms with Crippen molar-refractivity contribution >= 4 is 54.9 Å². The maximum Gasteiger partial charge on any atom is 0.333 e. The first-order valence-electron chi connectivity index (χ1n) is 24.7. The van der Waals surface area contributed by atoms with Gasteiger partial charge in [-0.15, -0.1) is 9.59 Å². The largest absolute Gasteiger partial charge is 0.480 e. The molecule has 0 amide bonds. The van der Waals surface area contributed by atoms with Crippen LogP contribution in [-0.2, 0) is 59.4 Å². The van der Waals surface area contributed by atoms with Crippen LogP contribution < -0.4 is 28.2 Å². The third-order valence-corrected chi connectivity index (χ3v) is 15.4. The number of carbonyl (C=O) groups is 2. The fourth-order valence-corrected chi connectivity index (χ4v) is 11.2. The molecule has 0 bridgehead atoms. The highest BCUT2D eigenvalue weighted by atomic mass is 32.1. The molecule has 0 unspecified atom stereocenters. The topological polar surface area (TPSA) is 230 Å². The predicted octanol–water partition coefficient (Wildman–Crippen LogP) is 9.55. The van der Waals surface area contributed by atoms with Gasteiger partial charge in [-0.05, 0) is 126 Å². The number of nitrogens with zero attached hydrogens (tertiary/aromatic N) is 10. The van der Waals surface area contributed by atoms with Gasteiger partial charge in [-0.3, -0.25) is 23.5 Å². The third-order valence-electron chi connectivity index (χ3n) is 12.8.